The molecular formula is C20H26FIN4O2. The average Bonchev–Trinajstić information content (AvgIpc) is 2.71. The number of anilines is 1. The van der Waals surface area contributed by atoms with Crippen LogP contribution in [0.25, 0.3) is 0 Å². The highest BCUT2D eigenvalue weighted by atomic mass is 127. The minimum Gasteiger partial charge on any atom is -0.497 e. The Balaban J connectivity index is 0.00000280. The number of aliphatic imine (C=N–C) groups is 1. The molecule has 6 nitrogen and oxygen atoms in total. The van der Waals surface area contributed by atoms with E-state index in [0.717, 1.165) is 30.1 Å². The Bertz CT molecular complexity index is 750. The minimum absolute atomic E-state index is 0. The maximum Gasteiger partial charge on any atom is 0.193 e. The van der Waals surface area contributed by atoms with Gasteiger partial charge in [-0.15, -0.1) is 24.0 Å². The highest BCUT2D eigenvalue weighted by Crippen LogP contribution is 2.23. The molecule has 0 radical (unpaired) electrons. The van der Waals surface area contributed by atoms with Gasteiger partial charge in [0.05, 0.1) is 32.9 Å². The van der Waals surface area contributed by atoms with Crippen LogP contribution in [0.15, 0.2) is 53.5 Å². The Hall–Kier alpha value is -1.91. The molecule has 1 fully saturated rings. The van der Waals surface area contributed by atoms with Crippen molar-refractivity contribution in [1.82, 2.24) is 4.90 Å². The molecule has 2 aromatic carbocycles. The Morgan fingerprint density at radius 2 is 1.82 bits per heavy atom. The summed E-state index contributed by atoms with van der Waals surface area (Å²) in [4.78, 5) is 6.80. The van der Waals surface area contributed by atoms with Crippen molar-refractivity contribution in [2.45, 2.75) is 6.04 Å². The van der Waals surface area contributed by atoms with Gasteiger partial charge in [0.1, 0.15) is 11.6 Å². The van der Waals surface area contributed by atoms with Crippen LogP contribution in [0.5, 0.6) is 5.75 Å². The van der Waals surface area contributed by atoms with Crippen molar-refractivity contribution in [3.63, 3.8) is 0 Å². The Labute approximate surface area is 181 Å². The van der Waals surface area contributed by atoms with Gasteiger partial charge in [0, 0.05) is 18.8 Å². The van der Waals surface area contributed by atoms with Gasteiger partial charge in [0.15, 0.2) is 5.96 Å². The lowest BCUT2D eigenvalue weighted by atomic mass is 10.0. The molecule has 0 saturated carbocycles. The number of morpholine rings is 1. The van der Waals surface area contributed by atoms with Gasteiger partial charge in [-0.3, -0.25) is 9.89 Å². The third-order valence-electron chi connectivity index (χ3n) is 4.54. The zero-order chi connectivity index (χ0) is 19.1. The molecule has 1 heterocycles. The highest BCUT2D eigenvalue weighted by molar-refractivity contribution is 14.0. The van der Waals surface area contributed by atoms with E-state index >= 15 is 0 Å². The van der Waals surface area contributed by atoms with E-state index in [-0.39, 0.29) is 35.8 Å². The third kappa shape index (κ3) is 6.32. The lowest BCUT2D eigenvalue weighted by Crippen LogP contribution is -2.40. The average molecular weight is 500 g/mol. The monoisotopic (exact) mass is 500 g/mol. The normalized spacial score (nSPS) is 16.1. The minimum atomic E-state index is -0.247. The van der Waals surface area contributed by atoms with Crippen molar-refractivity contribution < 1.29 is 13.9 Å². The number of benzene rings is 2. The van der Waals surface area contributed by atoms with Gasteiger partial charge in [0.2, 0.25) is 0 Å². The molecule has 8 heteroatoms. The summed E-state index contributed by atoms with van der Waals surface area (Å²) in [7, 11) is 1.62. The molecule has 0 aromatic heterocycles. The molecule has 0 spiro atoms. The third-order valence-corrected chi connectivity index (χ3v) is 4.54. The van der Waals surface area contributed by atoms with Crippen molar-refractivity contribution in [3.8, 4) is 5.75 Å². The van der Waals surface area contributed by atoms with Gasteiger partial charge < -0.3 is 20.5 Å². The zero-order valence-electron chi connectivity index (χ0n) is 15.8. The van der Waals surface area contributed by atoms with E-state index in [1.807, 2.05) is 24.3 Å². The molecule has 0 amide bonds. The number of hydrogen-bond acceptors (Lipinski definition) is 4. The second kappa shape index (κ2) is 11.2. The van der Waals surface area contributed by atoms with E-state index in [1.54, 1.807) is 19.2 Å². The van der Waals surface area contributed by atoms with Crippen molar-refractivity contribution in [2.24, 2.45) is 10.7 Å². The molecular weight excluding hydrogens is 474 g/mol. The maximum absolute atomic E-state index is 13.3. The van der Waals surface area contributed by atoms with Crippen LogP contribution in [-0.2, 0) is 4.74 Å². The summed E-state index contributed by atoms with van der Waals surface area (Å²) < 4.78 is 23.9. The molecule has 2 aromatic rings. The molecule has 1 aliphatic heterocycles. The highest BCUT2D eigenvalue weighted by Gasteiger charge is 2.22. The first kappa shape index (κ1) is 22.4. The number of nitrogens with two attached hydrogens (primary N) is 1. The molecule has 1 aliphatic rings. The predicted molar refractivity (Wildman–Crippen MR) is 120 cm³/mol. The summed E-state index contributed by atoms with van der Waals surface area (Å²) in [6.07, 6.45) is 0. The van der Waals surface area contributed by atoms with Crippen molar-refractivity contribution in [3.05, 3.63) is 59.9 Å². The van der Waals surface area contributed by atoms with E-state index in [2.05, 4.69) is 15.2 Å². The molecule has 1 unspecified atom stereocenters. The topological polar surface area (TPSA) is 72.1 Å². The summed E-state index contributed by atoms with van der Waals surface area (Å²) in [5.74, 6) is 0.865. The first-order valence-electron chi connectivity index (χ1n) is 8.94. The summed E-state index contributed by atoms with van der Waals surface area (Å²) in [6, 6.07) is 14.0. The second-order valence-corrected chi connectivity index (χ2v) is 6.30. The number of nitrogens with one attached hydrogen (secondary N) is 1. The van der Waals surface area contributed by atoms with E-state index < -0.39 is 0 Å². The lowest BCUT2D eigenvalue weighted by molar-refractivity contribution is 0.0180. The van der Waals surface area contributed by atoms with Crippen LogP contribution < -0.4 is 15.8 Å². The first-order chi connectivity index (χ1) is 13.2. The number of nitrogens with zero attached hydrogens (tertiary/aromatic N) is 2. The van der Waals surface area contributed by atoms with Gasteiger partial charge in [0.25, 0.3) is 0 Å². The second-order valence-electron chi connectivity index (χ2n) is 6.30. The van der Waals surface area contributed by atoms with E-state index in [4.69, 9.17) is 15.2 Å². The van der Waals surface area contributed by atoms with Crippen LogP contribution in [0, 0.1) is 5.82 Å². The van der Waals surface area contributed by atoms with Crippen molar-refractivity contribution >= 4 is 35.6 Å². The van der Waals surface area contributed by atoms with Crippen LogP contribution in [0.2, 0.25) is 0 Å². The van der Waals surface area contributed by atoms with Crippen molar-refractivity contribution in [2.75, 3.05) is 45.3 Å². The number of hydrogen-bond donors (Lipinski definition) is 2. The Kier molecular flexibility index (Phi) is 8.94. The molecule has 3 N–H and O–H groups in total. The fraction of sp³-hybridized carbons (Fsp3) is 0.350. The van der Waals surface area contributed by atoms with Crippen molar-refractivity contribution in [1.29, 1.82) is 0 Å². The van der Waals surface area contributed by atoms with Gasteiger partial charge in [-0.1, -0.05) is 12.1 Å². The summed E-state index contributed by atoms with van der Waals surface area (Å²) in [6.45, 7) is 3.45. The molecule has 0 bridgehead atoms. The van der Waals surface area contributed by atoms with Gasteiger partial charge >= 0.3 is 0 Å². The lowest BCUT2D eigenvalue weighted by Gasteiger charge is -2.34. The van der Waals surface area contributed by atoms with E-state index in [0.29, 0.717) is 25.7 Å². The van der Waals surface area contributed by atoms with Crippen LogP contribution in [0.4, 0.5) is 10.1 Å². The summed E-state index contributed by atoms with van der Waals surface area (Å²) in [5, 5.41) is 3.08. The molecule has 0 aliphatic carbocycles. The van der Waals surface area contributed by atoms with Crippen LogP contribution in [-0.4, -0.2) is 50.8 Å². The zero-order valence-corrected chi connectivity index (χ0v) is 18.1. The molecule has 3 rings (SSSR count). The number of rotatable bonds is 6. The maximum atomic E-state index is 13.3. The number of ether oxygens (including phenoxy) is 2. The van der Waals surface area contributed by atoms with Gasteiger partial charge in [-0.05, 0) is 42.0 Å². The summed E-state index contributed by atoms with van der Waals surface area (Å²) in [5.41, 5.74) is 7.91. The Morgan fingerprint density at radius 1 is 1.18 bits per heavy atom. The quantitative estimate of drug-likeness (QED) is 0.362. The van der Waals surface area contributed by atoms with Crippen LogP contribution in [0.1, 0.15) is 11.6 Å². The fourth-order valence-electron chi connectivity index (χ4n) is 3.05. The predicted octanol–water partition coefficient (Wildman–Crippen LogP) is 3.25. The van der Waals surface area contributed by atoms with Gasteiger partial charge in [-0.2, -0.15) is 0 Å². The number of halogens is 2. The smallest absolute Gasteiger partial charge is 0.193 e. The molecule has 1 atom stereocenters. The fourth-order valence-corrected chi connectivity index (χ4v) is 3.05. The standard InChI is InChI=1S/C20H25FN4O2.HI/c1-26-18-8-6-17(7-9-18)24-20(22)23-14-19(25-10-12-27-13-11-25)15-2-4-16(21)5-3-15;/h2-9,19H,10-14H2,1H3,(H3,22,23,24);1H. The SMILES string of the molecule is COc1ccc(NC(N)=NCC(c2ccc(F)cc2)N2CCOCC2)cc1.I. The largest absolute Gasteiger partial charge is 0.497 e. The van der Waals surface area contributed by atoms with E-state index in [1.165, 1.54) is 12.1 Å². The molecule has 28 heavy (non-hydrogen) atoms. The molecule has 152 valence electrons. The van der Waals surface area contributed by atoms with Crippen LogP contribution in [0.3, 0.4) is 0 Å². The van der Waals surface area contributed by atoms with Crippen LogP contribution >= 0.6 is 24.0 Å². The number of guanidine groups is 1. The van der Waals surface area contributed by atoms with E-state index in [9.17, 15) is 4.39 Å². The van der Waals surface area contributed by atoms with Gasteiger partial charge in [-0.25, -0.2) is 4.39 Å². The first-order valence-corrected chi connectivity index (χ1v) is 8.94. The molecule has 1 saturated heterocycles. The number of methoxy groups -OCH3 is 1. The Morgan fingerprint density at radius 3 is 2.43 bits per heavy atom. The summed E-state index contributed by atoms with van der Waals surface area (Å²) >= 11 is 0.